The van der Waals surface area contributed by atoms with Crippen molar-refractivity contribution in [1.82, 2.24) is 14.7 Å². The summed E-state index contributed by atoms with van der Waals surface area (Å²) < 4.78 is 61.8. The zero-order valence-corrected chi connectivity index (χ0v) is 23.7. The standard InChI is InChI=1S/C30H33F3N4O6/c1-21-5-7-25(43-21)18-37(17-22-6-8-26-27(15-22)42-20-41-26)28(38)19-36(10-9-35-11-13-40-14-12-35)29(39)34-24-4-2-3-23(16-24)30(31,32)33/h2-8,15-16H,9-14,17-20H2,1H3,(H,34,39). The Morgan fingerprint density at radius 1 is 0.953 bits per heavy atom. The fraction of sp³-hybridized carbons (Fsp3) is 0.400. The molecule has 1 fully saturated rings. The van der Waals surface area contributed by atoms with Crippen LogP contribution in [0.15, 0.2) is 59.0 Å². The number of amides is 3. The Kier molecular flexibility index (Phi) is 9.41. The number of carbonyl (C=O) groups is 2. The molecule has 43 heavy (non-hydrogen) atoms. The number of hydrogen-bond acceptors (Lipinski definition) is 7. The van der Waals surface area contributed by atoms with Crippen molar-refractivity contribution in [2.45, 2.75) is 26.2 Å². The first-order chi connectivity index (χ1) is 20.6. The number of hydrogen-bond donors (Lipinski definition) is 1. The van der Waals surface area contributed by atoms with Gasteiger partial charge in [-0.05, 0) is 55.0 Å². The Morgan fingerprint density at radius 2 is 1.74 bits per heavy atom. The quantitative estimate of drug-likeness (QED) is 0.359. The Bertz CT molecular complexity index is 1420. The van der Waals surface area contributed by atoms with Gasteiger partial charge in [-0.25, -0.2) is 4.79 Å². The number of anilines is 1. The lowest BCUT2D eigenvalue weighted by Gasteiger charge is -2.31. The fourth-order valence-corrected chi connectivity index (χ4v) is 4.83. The number of urea groups is 1. The van der Waals surface area contributed by atoms with Crippen LogP contribution in [0, 0.1) is 6.92 Å². The average Bonchev–Trinajstić information content (AvgIpc) is 3.63. The van der Waals surface area contributed by atoms with E-state index in [1.807, 2.05) is 6.07 Å². The molecule has 0 saturated carbocycles. The zero-order chi connectivity index (χ0) is 30.4. The summed E-state index contributed by atoms with van der Waals surface area (Å²) in [6, 6.07) is 12.7. The third-order valence-corrected chi connectivity index (χ3v) is 7.15. The van der Waals surface area contributed by atoms with Crippen LogP contribution in [0.3, 0.4) is 0 Å². The second-order valence-corrected chi connectivity index (χ2v) is 10.3. The Labute approximate surface area is 246 Å². The van der Waals surface area contributed by atoms with Gasteiger partial charge in [0.15, 0.2) is 11.5 Å². The lowest BCUT2D eigenvalue weighted by molar-refractivity contribution is -0.137. The maximum atomic E-state index is 13.8. The van der Waals surface area contributed by atoms with E-state index in [1.165, 1.54) is 17.0 Å². The molecule has 3 amide bonds. The van der Waals surface area contributed by atoms with Crippen LogP contribution in [0.1, 0.15) is 22.6 Å². The van der Waals surface area contributed by atoms with Crippen LogP contribution in [0.2, 0.25) is 0 Å². The van der Waals surface area contributed by atoms with Gasteiger partial charge in [-0.3, -0.25) is 9.69 Å². The number of furan rings is 1. The molecule has 3 aromatic rings. The van der Waals surface area contributed by atoms with Crippen LogP contribution in [0.4, 0.5) is 23.7 Å². The first-order valence-corrected chi connectivity index (χ1v) is 13.9. The van der Waals surface area contributed by atoms with Crippen LogP contribution < -0.4 is 14.8 Å². The van der Waals surface area contributed by atoms with E-state index in [0.717, 1.165) is 17.7 Å². The summed E-state index contributed by atoms with van der Waals surface area (Å²) in [5.74, 6) is 2.08. The summed E-state index contributed by atoms with van der Waals surface area (Å²) in [6.07, 6.45) is -4.56. The molecule has 1 saturated heterocycles. The number of nitrogens with zero attached hydrogens (tertiary/aromatic N) is 3. The Morgan fingerprint density at radius 3 is 2.49 bits per heavy atom. The monoisotopic (exact) mass is 602 g/mol. The van der Waals surface area contributed by atoms with Gasteiger partial charge in [0, 0.05) is 38.4 Å². The molecule has 0 bridgehead atoms. The molecule has 0 unspecified atom stereocenters. The fourth-order valence-electron chi connectivity index (χ4n) is 4.83. The molecule has 10 nitrogen and oxygen atoms in total. The smallest absolute Gasteiger partial charge is 0.416 e. The number of aryl methyl sites for hydroxylation is 1. The molecule has 2 aliphatic heterocycles. The second-order valence-electron chi connectivity index (χ2n) is 10.3. The summed E-state index contributed by atoms with van der Waals surface area (Å²) in [4.78, 5) is 32.2. The number of carbonyl (C=O) groups excluding carboxylic acids is 2. The molecular formula is C30H33F3N4O6. The van der Waals surface area contributed by atoms with Gasteiger partial charge in [-0.15, -0.1) is 0 Å². The lowest BCUT2D eigenvalue weighted by Crippen LogP contribution is -2.48. The first-order valence-electron chi connectivity index (χ1n) is 13.9. The molecule has 0 atom stereocenters. The molecule has 230 valence electrons. The van der Waals surface area contributed by atoms with Crippen LogP contribution >= 0.6 is 0 Å². The summed E-state index contributed by atoms with van der Waals surface area (Å²) in [7, 11) is 0. The minimum Gasteiger partial charge on any atom is -0.464 e. The molecule has 0 aliphatic carbocycles. The lowest BCUT2D eigenvalue weighted by atomic mass is 10.2. The van der Waals surface area contributed by atoms with Crippen molar-refractivity contribution in [3.05, 3.63) is 77.2 Å². The maximum absolute atomic E-state index is 13.8. The van der Waals surface area contributed by atoms with E-state index in [0.29, 0.717) is 55.9 Å². The topological polar surface area (TPSA) is 96.7 Å². The predicted molar refractivity (Wildman–Crippen MR) is 150 cm³/mol. The third kappa shape index (κ3) is 8.20. The highest BCUT2D eigenvalue weighted by Crippen LogP contribution is 2.33. The summed E-state index contributed by atoms with van der Waals surface area (Å²) in [5.41, 5.74) is -0.119. The van der Waals surface area contributed by atoms with Crippen molar-refractivity contribution in [3.8, 4) is 11.5 Å². The molecule has 1 N–H and O–H groups in total. The van der Waals surface area contributed by atoms with Gasteiger partial charge in [0.2, 0.25) is 12.7 Å². The van der Waals surface area contributed by atoms with Crippen molar-refractivity contribution in [1.29, 1.82) is 0 Å². The van der Waals surface area contributed by atoms with Gasteiger partial charge in [0.05, 0.1) is 25.3 Å². The molecule has 0 spiro atoms. The number of fused-ring (bicyclic) bond motifs is 1. The summed E-state index contributed by atoms with van der Waals surface area (Å²) in [5, 5.41) is 2.54. The average molecular weight is 603 g/mol. The SMILES string of the molecule is Cc1ccc(CN(Cc2ccc3c(c2)OCO3)C(=O)CN(CCN2CCOCC2)C(=O)Nc2cccc(C(F)(F)F)c2)o1. The van der Waals surface area contributed by atoms with E-state index in [-0.39, 0.29) is 44.6 Å². The minimum atomic E-state index is -4.56. The van der Waals surface area contributed by atoms with Gasteiger partial charge in [0.1, 0.15) is 18.1 Å². The molecular weight excluding hydrogens is 569 g/mol. The molecule has 3 heterocycles. The molecule has 2 aliphatic rings. The Hall–Kier alpha value is -4.23. The number of halogens is 3. The van der Waals surface area contributed by atoms with Crippen molar-refractivity contribution in [3.63, 3.8) is 0 Å². The van der Waals surface area contributed by atoms with E-state index in [4.69, 9.17) is 18.6 Å². The van der Waals surface area contributed by atoms with E-state index in [9.17, 15) is 22.8 Å². The summed E-state index contributed by atoms with van der Waals surface area (Å²) in [6.45, 7) is 5.05. The maximum Gasteiger partial charge on any atom is 0.416 e. The van der Waals surface area contributed by atoms with Crippen molar-refractivity contribution in [2.75, 3.05) is 58.0 Å². The minimum absolute atomic E-state index is 0.0214. The van der Waals surface area contributed by atoms with Crippen LogP contribution in [-0.4, -0.2) is 79.4 Å². The molecule has 13 heteroatoms. The van der Waals surface area contributed by atoms with Crippen molar-refractivity contribution >= 4 is 17.6 Å². The predicted octanol–water partition coefficient (Wildman–Crippen LogP) is 4.73. The van der Waals surface area contributed by atoms with E-state index in [2.05, 4.69) is 10.2 Å². The first kappa shape index (κ1) is 30.2. The van der Waals surface area contributed by atoms with Crippen LogP contribution in [-0.2, 0) is 28.8 Å². The molecule has 1 aromatic heterocycles. The molecule has 0 radical (unpaired) electrons. The molecule has 5 rings (SSSR count). The van der Waals surface area contributed by atoms with E-state index in [1.54, 1.807) is 36.1 Å². The number of morpholine rings is 1. The van der Waals surface area contributed by atoms with Gasteiger partial charge in [-0.2, -0.15) is 13.2 Å². The Balaban J connectivity index is 1.34. The number of nitrogens with one attached hydrogen (secondary N) is 1. The highest BCUT2D eigenvalue weighted by molar-refractivity contribution is 5.92. The second kappa shape index (κ2) is 13.4. The normalized spacial score (nSPS) is 14.9. The number of rotatable bonds is 10. The zero-order valence-electron chi connectivity index (χ0n) is 23.7. The summed E-state index contributed by atoms with van der Waals surface area (Å²) >= 11 is 0. The third-order valence-electron chi connectivity index (χ3n) is 7.15. The van der Waals surface area contributed by atoms with Gasteiger partial charge >= 0.3 is 12.2 Å². The van der Waals surface area contributed by atoms with E-state index >= 15 is 0 Å². The highest BCUT2D eigenvalue weighted by Gasteiger charge is 2.31. The van der Waals surface area contributed by atoms with Crippen molar-refractivity contribution in [2.24, 2.45) is 0 Å². The largest absolute Gasteiger partial charge is 0.464 e. The number of ether oxygens (including phenoxy) is 3. The van der Waals surface area contributed by atoms with Gasteiger partial charge in [0.25, 0.3) is 0 Å². The van der Waals surface area contributed by atoms with Gasteiger partial charge in [-0.1, -0.05) is 12.1 Å². The highest BCUT2D eigenvalue weighted by atomic mass is 19.4. The van der Waals surface area contributed by atoms with Crippen LogP contribution in [0.25, 0.3) is 0 Å². The number of alkyl halides is 3. The molecule has 2 aromatic carbocycles. The van der Waals surface area contributed by atoms with Crippen LogP contribution in [0.5, 0.6) is 11.5 Å². The number of benzene rings is 2. The van der Waals surface area contributed by atoms with Crippen molar-refractivity contribution < 1.29 is 41.4 Å². The van der Waals surface area contributed by atoms with Gasteiger partial charge < -0.3 is 33.7 Å². The van der Waals surface area contributed by atoms with E-state index < -0.39 is 17.8 Å².